The van der Waals surface area contributed by atoms with Crippen LogP contribution in [0.5, 0.6) is 5.75 Å². The Balaban J connectivity index is 3.36. The van der Waals surface area contributed by atoms with Crippen LogP contribution in [0.25, 0.3) is 0 Å². The van der Waals surface area contributed by atoms with Gasteiger partial charge in [-0.15, -0.1) is 0 Å². The Morgan fingerprint density at radius 2 is 2.08 bits per heavy atom. The summed E-state index contributed by atoms with van der Waals surface area (Å²) in [6.45, 7) is 0. The first-order chi connectivity index (χ1) is 5.54. The van der Waals surface area contributed by atoms with E-state index in [9.17, 15) is 9.18 Å². The van der Waals surface area contributed by atoms with Crippen molar-refractivity contribution in [3.8, 4) is 5.75 Å². The second-order valence-corrected chi connectivity index (χ2v) is 2.86. The summed E-state index contributed by atoms with van der Waals surface area (Å²) in [5.41, 5.74) is -0.330. The number of aromatic carboxylic acids is 1. The van der Waals surface area contributed by atoms with E-state index in [1.54, 1.807) is 0 Å². The quantitative estimate of drug-likeness (QED) is 0.782. The molecule has 0 saturated heterocycles. The lowest BCUT2D eigenvalue weighted by Crippen LogP contribution is -1.97. The highest BCUT2D eigenvalue weighted by atomic mass is 79.9. The molecule has 0 aliphatic heterocycles. The van der Waals surface area contributed by atoms with Crippen molar-refractivity contribution < 1.29 is 19.4 Å². The van der Waals surface area contributed by atoms with Crippen LogP contribution in [0.4, 0.5) is 4.39 Å². The molecule has 0 aliphatic carbocycles. The molecule has 0 atom stereocenters. The number of phenols is 1. The van der Waals surface area contributed by atoms with Crippen molar-refractivity contribution in [3.63, 3.8) is 0 Å². The maximum absolute atomic E-state index is 12.6. The number of carbonyl (C=O) groups is 1. The highest BCUT2D eigenvalue weighted by Gasteiger charge is 2.14. The number of carboxylic acid groups (broad SMARTS) is 1. The zero-order valence-electron chi connectivity index (χ0n) is 5.71. The van der Waals surface area contributed by atoms with Crippen LogP contribution in [0.1, 0.15) is 10.4 Å². The van der Waals surface area contributed by atoms with Crippen LogP contribution in [0, 0.1) is 5.82 Å². The van der Waals surface area contributed by atoms with Gasteiger partial charge in [0.25, 0.3) is 0 Å². The lowest BCUT2D eigenvalue weighted by atomic mass is 10.2. The summed E-state index contributed by atoms with van der Waals surface area (Å²) >= 11 is 2.71. The van der Waals surface area contributed by atoms with E-state index in [-0.39, 0.29) is 10.0 Å². The molecule has 0 radical (unpaired) electrons. The van der Waals surface area contributed by atoms with Gasteiger partial charge < -0.3 is 10.2 Å². The van der Waals surface area contributed by atoms with Gasteiger partial charge in [-0.3, -0.25) is 0 Å². The lowest BCUT2D eigenvalue weighted by Gasteiger charge is -2.01. The van der Waals surface area contributed by atoms with E-state index in [1.807, 2.05) is 0 Å². The summed E-state index contributed by atoms with van der Waals surface area (Å²) in [6.07, 6.45) is 0. The molecule has 0 unspecified atom stereocenters. The van der Waals surface area contributed by atoms with Gasteiger partial charge in [0.1, 0.15) is 17.1 Å². The molecule has 12 heavy (non-hydrogen) atoms. The van der Waals surface area contributed by atoms with E-state index in [0.717, 1.165) is 12.1 Å². The first kappa shape index (κ1) is 8.99. The van der Waals surface area contributed by atoms with Gasteiger partial charge >= 0.3 is 5.97 Å². The van der Waals surface area contributed by atoms with Crippen LogP contribution in [0.3, 0.4) is 0 Å². The predicted octanol–water partition coefficient (Wildman–Crippen LogP) is 1.99. The summed E-state index contributed by atoms with van der Waals surface area (Å²) < 4.78 is 12.4. The molecule has 0 aromatic heterocycles. The van der Waals surface area contributed by atoms with E-state index < -0.39 is 17.5 Å². The van der Waals surface area contributed by atoms with E-state index in [0.29, 0.717) is 0 Å². The van der Waals surface area contributed by atoms with Crippen molar-refractivity contribution in [2.45, 2.75) is 0 Å². The molecule has 0 bridgehead atoms. The maximum Gasteiger partial charge on any atom is 0.339 e. The van der Waals surface area contributed by atoms with E-state index in [2.05, 4.69) is 15.9 Å². The molecule has 0 spiro atoms. The Morgan fingerprint density at radius 1 is 1.50 bits per heavy atom. The van der Waals surface area contributed by atoms with E-state index in [1.165, 1.54) is 0 Å². The smallest absolute Gasteiger partial charge is 0.339 e. The van der Waals surface area contributed by atoms with Crippen molar-refractivity contribution in [2.75, 3.05) is 0 Å². The first-order valence-electron chi connectivity index (χ1n) is 2.94. The Labute approximate surface area is 75.6 Å². The normalized spacial score (nSPS) is 9.83. The first-order valence-corrected chi connectivity index (χ1v) is 3.73. The number of aromatic hydroxyl groups is 1. The summed E-state index contributed by atoms with van der Waals surface area (Å²) in [4.78, 5) is 10.4. The van der Waals surface area contributed by atoms with Gasteiger partial charge in [0.15, 0.2) is 0 Å². The summed E-state index contributed by atoms with van der Waals surface area (Å²) in [5, 5.41) is 17.6. The molecular weight excluding hydrogens is 231 g/mol. The van der Waals surface area contributed by atoms with Gasteiger partial charge in [0.05, 0.1) is 4.47 Å². The standard InChI is InChI=1S/C7H4BrFO3/c8-5-4(9)2-1-3(6(5)10)7(11)12/h1-2,10H,(H,11,12). The van der Waals surface area contributed by atoms with Gasteiger partial charge in [0.2, 0.25) is 0 Å². The molecule has 64 valence electrons. The molecule has 3 nitrogen and oxygen atoms in total. The Kier molecular flexibility index (Phi) is 2.32. The fourth-order valence-electron chi connectivity index (χ4n) is 0.713. The Bertz CT molecular complexity index is 338. The molecule has 1 aromatic carbocycles. The van der Waals surface area contributed by atoms with E-state index in [4.69, 9.17) is 10.2 Å². The average molecular weight is 235 g/mol. The van der Waals surface area contributed by atoms with Crippen molar-refractivity contribution >= 4 is 21.9 Å². The zero-order valence-corrected chi connectivity index (χ0v) is 7.30. The van der Waals surface area contributed by atoms with Gasteiger partial charge in [-0.25, -0.2) is 9.18 Å². The number of halogens is 2. The van der Waals surface area contributed by atoms with Crippen LogP contribution in [-0.4, -0.2) is 16.2 Å². The van der Waals surface area contributed by atoms with E-state index >= 15 is 0 Å². The fraction of sp³-hybridized carbons (Fsp3) is 0. The molecule has 0 saturated carbocycles. The molecular formula is C7H4BrFO3. The van der Waals surface area contributed by atoms with Crippen LogP contribution < -0.4 is 0 Å². The molecule has 0 heterocycles. The number of hydrogen-bond acceptors (Lipinski definition) is 2. The SMILES string of the molecule is O=C(O)c1ccc(F)c(Br)c1O. The van der Waals surface area contributed by atoms with Gasteiger partial charge in [-0.05, 0) is 28.1 Å². The maximum atomic E-state index is 12.6. The molecule has 1 rings (SSSR count). The minimum atomic E-state index is -1.30. The minimum Gasteiger partial charge on any atom is -0.506 e. The zero-order chi connectivity index (χ0) is 9.30. The van der Waals surface area contributed by atoms with Crippen molar-refractivity contribution in [1.29, 1.82) is 0 Å². The third kappa shape index (κ3) is 1.40. The number of hydrogen-bond donors (Lipinski definition) is 2. The monoisotopic (exact) mass is 234 g/mol. The highest BCUT2D eigenvalue weighted by molar-refractivity contribution is 9.10. The summed E-state index contributed by atoms with van der Waals surface area (Å²) in [7, 11) is 0. The molecule has 0 fully saturated rings. The van der Waals surface area contributed by atoms with Crippen molar-refractivity contribution in [1.82, 2.24) is 0 Å². The number of rotatable bonds is 1. The molecule has 2 N–H and O–H groups in total. The van der Waals surface area contributed by atoms with Crippen molar-refractivity contribution in [3.05, 3.63) is 28.0 Å². The molecule has 1 aromatic rings. The third-order valence-corrected chi connectivity index (χ3v) is 2.05. The van der Waals surface area contributed by atoms with Gasteiger partial charge in [-0.2, -0.15) is 0 Å². The second kappa shape index (κ2) is 3.10. The van der Waals surface area contributed by atoms with Crippen LogP contribution in [0.15, 0.2) is 16.6 Å². The van der Waals surface area contributed by atoms with Gasteiger partial charge in [0, 0.05) is 0 Å². The number of carboxylic acids is 1. The van der Waals surface area contributed by atoms with Crippen molar-refractivity contribution in [2.24, 2.45) is 0 Å². The van der Waals surface area contributed by atoms with Crippen LogP contribution >= 0.6 is 15.9 Å². The fourth-order valence-corrected chi connectivity index (χ4v) is 1.06. The largest absolute Gasteiger partial charge is 0.506 e. The molecule has 0 amide bonds. The minimum absolute atomic E-state index is 0.234. The second-order valence-electron chi connectivity index (χ2n) is 2.06. The topological polar surface area (TPSA) is 57.5 Å². The van der Waals surface area contributed by atoms with Gasteiger partial charge in [-0.1, -0.05) is 0 Å². The molecule has 5 heteroatoms. The number of benzene rings is 1. The summed E-state index contributed by atoms with van der Waals surface area (Å²) in [6, 6.07) is 1.96. The third-order valence-electron chi connectivity index (χ3n) is 1.30. The summed E-state index contributed by atoms with van der Waals surface area (Å²) in [5.74, 6) is -2.59. The molecule has 0 aliphatic rings. The Hall–Kier alpha value is -1.10. The highest BCUT2D eigenvalue weighted by Crippen LogP contribution is 2.30. The average Bonchev–Trinajstić information content (AvgIpc) is 2.00. The van der Waals surface area contributed by atoms with Crippen LogP contribution in [0.2, 0.25) is 0 Å². The predicted molar refractivity (Wildman–Crippen MR) is 42.7 cm³/mol. The van der Waals surface area contributed by atoms with Crippen LogP contribution in [-0.2, 0) is 0 Å². The lowest BCUT2D eigenvalue weighted by molar-refractivity contribution is 0.0693. The Morgan fingerprint density at radius 3 is 2.58 bits per heavy atom.